The van der Waals surface area contributed by atoms with E-state index in [9.17, 15) is 18.0 Å². The molecule has 0 amide bonds. The Labute approximate surface area is 132 Å². The van der Waals surface area contributed by atoms with E-state index in [2.05, 4.69) is 4.98 Å². The van der Waals surface area contributed by atoms with Gasteiger partial charge in [0.15, 0.2) is 0 Å². The SMILES string of the molecule is O=C(O)c1cc(C(F)(F)F)c(-n2cnc3ccccc32)cc1Cl. The number of carboxylic acids is 1. The van der Waals surface area contributed by atoms with Crippen LogP contribution in [0.5, 0.6) is 0 Å². The predicted molar refractivity (Wildman–Crippen MR) is 78.0 cm³/mol. The molecule has 0 spiro atoms. The molecule has 0 aliphatic heterocycles. The number of nitrogens with zero attached hydrogens (tertiary/aromatic N) is 2. The lowest BCUT2D eigenvalue weighted by molar-refractivity contribution is -0.137. The Morgan fingerprint density at radius 2 is 1.91 bits per heavy atom. The van der Waals surface area contributed by atoms with E-state index in [0.29, 0.717) is 17.1 Å². The minimum atomic E-state index is -4.74. The van der Waals surface area contributed by atoms with Crippen LogP contribution in [-0.2, 0) is 6.18 Å². The Balaban J connectivity index is 2.34. The molecule has 1 aromatic heterocycles. The van der Waals surface area contributed by atoms with Crippen molar-refractivity contribution in [2.75, 3.05) is 0 Å². The smallest absolute Gasteiger partial charge is 0.418 e. The molecule has 0 radical (unpaired) electrons. The first-order valence-electron chi connectivity index (χ1n) is 6.35. The second kappa shape index (κ2) is 5.27. The van der Waals surface area contributed by atoms with Crippen LogP contribution in [0.2, 0.25) is 5.02 Å². The number of imidazole rings is 1. The molecule has 23 heavy (non-hydrogen) atoms. The number of aromatic carboxylic acids is 1. The number of carbonyl (C=O) groups is 1. The van der Waals surface area contributed by atoms with Crippen molar-refractivity contribution >= 4 is 28.6 Å². The van der Waals surface area contributed by atoms with Crippen LogP contribution in [0, 0.1) is 0 Å². The van der Waals surface area contributed by atoms with Crippen LogP contribution < -0.4 is 0 Å². The fourth-order valence-electron chi connectivity index (χ4n) is 2.30. The van der Waals surface area contributed by atoms with E-state index in [1.807, 2.05) is 0 Å². The lowest BCUT2D eigenvalue weighted by atomic mass is 10.1. The van der Waals surface area contributed by atoms with Gasteiger partial charge in [-0.05, 0) is 24.3 Å². The van der Waals surface area contributed by atoms with E-state index in [0.717, 1.165) is 6.07 Å². The third kappa shape index (κ3) is 2.63. The maximum absolute atomic E-state index is 13.3. The summed E-state index contributed by atoms with van der Waals surface area (Å²) in [5.41, 5.74) is -1.01. The molecular formula is C15H8ClF3N2O2. The van der Waals surface area contributed by atoms with E-state index >= 15 is 0 Å². The first kappa shape index (κ1) is 15.4. The molecule has 118 valence electrons. The number of aromatic nitrogens is 2. The first-order chi connectivity index (χ1) is 10.8. The second-order valence-electron chi connectivity index (χ2n) is 4.76. The molecule has 0 fully saturated rings. The zero-order chi connectivity index (χ0) is 16.8. The van der Waals surface area contributed by atoms with E-state index < -0.39 is 23.3 Å². The fourth-order valence-corrected chi connectivity index (χ4v) is 2.54. The summed E-state index contributed by atoms with van der Waals surface area (Å²) in [7, 11) is 0. The van der Waals surface area contributed by atoms with Gasteiger partial charge in [0.1, 0.15) is 6.33 Å². The molecule has 0 atom stereocenters. The Morgan fingerprint density at radius 3 is 2.57 bits per heavy atom. The summed E-state index contributed by atoms with van der Waals surface area (Å²) in [5, 5.41) is 8.70. The van der Waals surface area contributed by atoms with Gasteiger partial charge in [-0.1, -0.05) is 23.7 Å². The highest BCUT2D eigenvalue weighted by molar-refractivity contribution is 6.33. The van der Waals surface area contributed by atoms with E-state index in [4.69, 9.17) is 16.7 Å². The summed E-state index contributed by atoms with van der Waals surface area (Å²) in [5.74, 6) is -1.53. The Kier molecular flexibility index (Phi) is 3.52. The number of hydrogen-bond acceptors (Lipinski definition) is 2. The van der Waals surface area contributed by atoms with Gasteiger partial charge in [-0.3, -0.25) is 4.57 Å². The van der Waals surface area contributed by atoms with Gasteiger partial charge in [0.2, 0.25) is 0 Å². The maximum atomic E-state index is 13.3. The molecule has 0 aliphatic rings. The molecule has 3 aromatic rings. The average Bonchev–Trinajstić information content (AvgIpc) is 2.89. The lowest BCUT2D eigenvalue weighted by Crippen LogP contribution is -2.13. The predicted octanol–water partition coefficient (Wildman–Crippen LogP) is 4.40. The van der Waals surface area contributed by atoms with Gasteiger partial charge in [-0.25, -0.2) is 9.78 Å². The zero-order valence-corrected chi connectivity index (χ0v) is 12.1. The number of hydrogen-bond donors (Lipinski definition) is 1. The van der Waals surface area contributed by atoms with Crippen LogP contribution >= 0.6 is 11.6 Å². The Bertz CT molecular complexity index is 919. The second-order valence-corrected chi connectivity index (χ2v) is 5.16. The van der Waals surface area contributed by atoms with Crippen LogP contribution in [0.3, 0.4) is 0 Å². The third-order valence-electron chi connectivity index (χ3n) is 3.33. The summed E-state index contributed by atoms with van der Waals surface area (Å²) in [6.45, 7) is 0. The van der Waals surface area contributed by atoms with Crippen molar-refractivity contribution in [3.8, 4) is 5.69 Å². The summed E-state index contributed by atoms with van der Waals surface area (Å²) >= 11 is 5.83. The number of halogens is 4. The minimum Gasteiger partial charge on any atom is -0.478 e. The molecule has 3 rings (SSSR count). The lowest BCUT2D eigenvalue weighted by Gasteiger charge is -2.16. The minimum absolute atomic E-state index is 0.277. The van der Waals surface area contributed by atoms with Crippen LogP contribution in [0.1, 0.15) is 15.9 Å². The molecule has 0 saturated carbocycles. The van der Waals surface area contributed by atoms with Crippen molar-refractivity contribution in [2.45, 2.75) is 6.18 Å². The van der Waals surface area contributed by atoms with Crippen molar-refractivity contribution in [2.24, 2.45) is 0 Å². The summed E-state index contributed by atoms with van der Waals surface area (Å²) < 4.78 is 41.3. The summed E-state index contributed by atoms with van der Waals surface area (Å²) in [4.78, 5) is 15.1. The molecule has 0 bridgehead atoms. The molecule has 0 unspecified atom stereocenters. The quantitative estimate of drug-likeness (QED) is 0.752. The standard InChI is InChI=1S/C15H8ClF3N2O2/c16-10-6-13(9(15(17,18)19)5-8(10)14(22)23)21-7-20-11-3-1-2-4-12(11)21/h1-7H,(H,22,23). The van der Waals surface area contributed by atoms with Gasteiger partial charge in [0, 0.05) is 0 Å². The Hall–Kier alpha value is -2.54. The molecule has 1 N–H and O–H groups in total. The summed E-state index contributed by atoms with van der Waals surface area (Å²) in [6, 6.07) is 8.18. The largest absolute Gasteiger partial charge is 0.478 e. The van der Waals surface area contributed by atoms with Crippen LogP contribution in [-0.4, -0.2) is 20.6 Å². The highest BCUT2D eigenvalue weighted by Gasteiger charge is 2.36. The van der Waals surface area contributed by atoms with Gasteiger partial charge < -0.3 is 5.11 Å². The average molecular weight is 341 g/mol. The highest BCUT2D eigenvalue weighted by atomic mass is 35.5. The number of alkyl halides is 3. The maximum Gasteiger partial charge on any atom is 0.418 e. The normalized spacial score (nSPS) is 11.8. The molecule has 0 aliphatic carbocycles. The van der Waals surface area contributed by atoms with Crippen LogP contribution in [0.4, 0.5) is 13.2 Å². The van der Waals surface area contributed by atoms with Crippen LogP contribution in [0.15, 0.2) is 42.7 Å². The number of rotatable bonds is 2. The zero-order valence-electron chi connectivity index (χ0n) is 11.3. The van der Waals surface area contributed by atoms with Gasteiger partial charge >= 0.3 is 12.1 Å². The van der Waals surface area contributed by atoms with Gasteiger partial charge in [0.25, 0.3) is 0 Å². The number of para-hydroxylation sites is 2. The van der Waals surface area contributed by atoms with Crippen molar-refractivity contribution in [3.63, 3.8) is 0 Å². The van der Waals surface area contributed by atoms with Crippen LogP contribution in [0.25, 0.3) is 16.7 Å². The topological polar surface area (TPSA) is 55.1 Å². The molecule has 0 saturated heterocycles. The Morgan fingerprint density at radius 1 is 1.22 bits per heavy atom. The van der Waals surface area contributed by atoms with Gasteiger partial charge in [-0.15, -0.1) is 0 Å². The van der Waals surface area contributed by atoms with Gasteiger partial charge in [0.05, 0.1) is 32.9 Å². The molecule has 8 heteroatoms. The number of benzene rings is 2. The van der Waals surface area contributed by atoms with Crippen molar-refractivity contribution in [1.82, 2.24) is 9.55 Å². The summed E-state index contributed by atoms with van der Waals surface area (Å²) in [6.07, 6.45) is -3.50. The van der Waals surface area contributed by atoms with E-state index in [-0.39, 0.29) is 10.7 Å². The van der Waals surface area contributed by atoms with Crippen molar-refractivity contribution in [3.05, 3.63) is 58.9 Å². The van der Waals surface area contributed by atoms with Gasteiger partial charge in [-0.2, -0.15) is 13.2 Å². The molecule has 1 heterocycles. The first-order valence-corrected chi connectivity index (χ1v) is 6.73. The van der Waals surface area contributed by atoms with Crippen molar-refractivity contribution < 1.29 is 23.1 Å². The number of carboxylic acid groups (broad SMARTS) is 1. The highest BCUT2D eigenvalue weighted by Crippen LogP contribution is 2.37. The monoisotopic (exact) mass is 340 g/mol. The molecule has 2 aromatic carbocycles. The molecular weight excluding hydrogens is 333 g/mol. The number of fused-ring (bicyclic) bond motifs is 1. The van der Waals surface area contributed by atoms with Crippen molar-refractivity contribution in [1.29, 1.82) is 0 Å². The third-order valence-corrected chi connectivity index (χ3v) is 3.65. The van der Waals surface area contributed by atoms with E-state index in [1.165, 1.54) is 10.9 Å². The fraction of sp³-hybridized carbons (Fsp3) is 0.0667. The van der Waals surface area contributed by atoms with E-state index in [1.54, 1.807) is 24.3 Å². The molecule has 4 nitrogen and oxygen atoms in total.